The minimum absolute atomic E-state index is 0.382. The molecule has 2 nitrogen and oxygen atoms in total. The molecule has 1 aromatic heterocycles. The van der Waals surface area contributed by atoms with E-state index in [4.69, 9.17) is 5.84 Å². The number of hydrazine groups is 1. The molecule has 0 spiro atoms. The van der Waals surface area contributed by atoms with E-state index in [0.717, 1.165) is 21.7 Å². The molecular formula is C15H12F2N2S. The van der Waals surface area contributed by atoms with Crippen LogP contribution in [0.4, 0.5) is 8.78 Å². The van der Waals surface area contributed by atoms with Gasteiger partial charge >= 0.3 is 0 Å². The van der Waals surface area contributed by atoms with E-state index < -0.39 is 11.6 Å². The van der Waals surface area contributed by atoms with Crippen LogP contribution in [0.3, 0.4) is 0 Å². The monoisotopic (exact) mass is 290 g/mol. The molecule has 1 unspecified atom stereocenters. The molecule has 2 aromatic carbocycles. The van der Waals surface area contributed by atoms with Crippen molar-refractivity contribution in [2.24, 2.45) is 5.84 Å². The number of fused-ring (bicyclic) bond motifs is 1. The van der Waals surface area contributed by atoms with Gasteiger partial charge in [-0.05, 0) is 40.1 Å². The van der Waals surface area contributed by atoms with Crippen LogP contribution in [0.2, 0.25) is 0 Å². The number of hydrogen-bond acceptors (Lipinski definition) is 3. The lowest BCUT2D eigenvalue weighted by Crippen LogP contribution is -2.29. The summed E-state index contributed by atoms with van der Waals surface area (Å²) in [7, 11) is 0. The number of nitrogens with one attached hydrogen (secondary N) is 1. The van der Waals surface area contributed by atoms with Crippen molar-refractivity contribution in [1.29, 1.82) is 0 Å². The van der Waals surface area contributed by atoms with Crippen LogP contribution in [-0.4, -0.2) is 0 Å². The Morgan fingerprint density at radius 1 is 1.05 bits per heavy atom. The molecule has 3 N–H and O–H groups in total. The van der Waals surface area contributed by atoms with Gasteiger partial charge in [-0.25, -0.2) is 14.2 Å². The molecule has 1 atom stereocenters. The zero-order valence-electron chi connectivity index (χ0n) is 10.4. The van der Waals surface area contributed by atoms with E-state index in [9.17, 15) is 8.78 Å². The molecule has 0 amide bonds. The molecule has 5 heteroatoms. The Morgan fingerprint density at radius 3 is 2.65 bits per heavy atom. The first-order valence-corrected chi connectivity index (χ1v) is 6.96. The molecular weight excluding hydrogens is 278 g/mol. The highest BCUT2D eigenvalue weighted by atomic mass is 32.1. The first kappa shape index (κ1) is 13.2. The molecule has 102 valence electrons. The maximum atomic E-state index is 13.4. The van der Waals surface area contributed by atoms with E-state index in [1.165, 1.54) is 12.1 Å². The van der Waals surface area contributed by atoms with Gasteiger partial charge in [-0.3, -0.25) is 5.84 Å². The Balaban J connectivity index is 2.13. The summed E-state index contributed by atoms with van der Waals surface area (Å²) in [6, 6.07) is 11.3. The van der Waals surface area contributed by atoms with E-state index >= 15 is 0 Å². The minimum atomic E-state index is -0.874. The van der Waals surface area contributed by atoms with Gasteiger partial charge in [0.1, 0.15) is 0 Å². The van der Waals surface area contributed by atoms with Crippen LogP contribution in [0.15, 0.2) is 47.8 Å². The number of hydrogen-bond donors (Lipinski definition) is 2. The Morgan fingerprint density at radius 2 is 1.90 bits per heavy atom. The van der Waals surface area contributed by atoms with Gasteiger partial charge in [0, 0.05) is 4.70 Å². The summed E-state index contributed by atoms with van der Waals surface area (Å²) >= 11 is 1.60. The smallest absolute Gasteiger partial charge is 0.159 e. The van der Waals surface area contributed by atoms with Crippen molar-refractivity contribution in [2.45, 2.75) is 6.04 Å². The molecule has 0 aliphatic heterocycles. The Labute approximate surface area is 118 Å². The van der Waals surface area contributed by atoms with Crippen LogP contribution in [0, 0.1) is 11.6 Å². The Kier molecular flexibility index (Phi) is 3.48. The van der Waals surface area contributed by atoms with Crippen molar-refractivity contribution in [3.63, 3.8) is 0 Å². The second-order valence-corrected chi connectivity index (χ2v) is 5.38. The van der Waals surface area contributed by atoms with Gasteiger partial charge < -0.3 is 0 Å². The van der Waals surface area contributed by atoms with Crippen LogP contribution < -0.4 is 11.3 Å². The van der Waals surface area contributed by atoms with Crippen molar-refractivity contribution >= 4 is 21.4 Å². The van der Waals surface area contributed by atoms with E-state index in [0.29, 0.717) is 5.56 Å². The molecule has 0 saturated heterocycles. The highest BCUT2D eigenvalue weighted by molar-refractivity contribution is 7.17. The molecule has 1 heterocycles. The zero-order chi connectivity index (χ0) is 14.1. The zero-order valence-corrected chi connectivity index (χ0v) is 11.3. The maximum Gasteiger partial charge on any atom is 0.159 e. The highest BCUT2D eigenvalue weighted by Crippen LogP contribution is 2.32. The largest absolute Gasteiger partial charge is 0.271 e. The van der Waals surface area contributed by atoms with Gasteiger partial charge in [-0.15, -0.1) is 11.3 Å². The van der Waals surface area contributed by atoms with Crippen molar-refractivity contribution in [3.8, 4) is 0 Å². The fourth-order valence-electron chi connectivity index (χ4n) is 2.30. The fourth-order valence-corrected chi connectivity index (χ4v) is 3.25. The predicted octanol–water partition coefficient (Wildman–Crippen LogP) is 3.73. The van der Waals surface area contributed by atoms with Crippen molar-refractivity contribution < 1.29 is 8.78 Å². The van der Waals surface area contributed by atoms with Crippen LogP contribution in [0.5, 0.6) is 0 Å². The molecule has 0 aliphatic carbocycles. The van der Waals surface area contributed by atoms with Gasteiger partial charge in [-0.1, -0.05) is 24.3 Å². The average Bonchev–Trinajstić information content (AvgIpc) is 2.93. The van der Waals surface area contributed by atoms with E-state index in [1.807, 2.05) is 29.6 Å². The third-order valence-electron chi connectivity index (χ3n) is 3.26. The topological polar surface area (TPSA) is 38.0 Å². The third kappa shape index (κ3) is 2.20. The van der Waals surface area contributed by atoms with Gasteiger partial charge in [0.2, 0.25) is 0 Å². The van der Waals surface area contributed by atoms with Crippen LogP contribution >= 0.6 is 11.3 Å². The molecule has 3 aromatic rings. The predicted molar refractivity (Wildman–Crippen MR) is 77.3 cm³/mol. The fraction of sp³-hybridized carbons (Fsp3) is 0.0667. The van der Waals surface area contributed by atoms with Gasteiger partial charge in [-0.2, -0.15) is 0 Å². The van der Waals surface area contributed by atoms with Crippen LogP contribution in [-0.2, 0) is 0 Å². The van der Waals surface area contributed by atoms with Gasteiger partial charge in [0.05, 0.1) is 6.04 Å². The summed E-state index contributed by atoms with van der Waals surface area (Å²) in [6.07, 6.45) is 0. The SMILES string of the molecule is NNC(c1ccc(F)c(F)c1)c1cccc2ccsc12. The van der Waals surface area contributed by atoms with Crippen LogP contribution in [0.25, 0.3) is 10.1 Å². The first-order chi connectivity index (χ1) is 9.70. The van der Waals surface area contributed by atoms with Crippen LogP contribution in [0.1, 0.15) is 17.2 Å². The van der Waals surface area contributed by atoms with Crippen molar-refractivity contribution in [3.05, 3.63) is 70.6 Å². The number of nitrogens with two attached hydrogens (primary N) is 1. The number of halogens is 2. The summed E-state index contributed by atoms with van der Waals surface area (Å²) in [5.74, 6) is 3.89. The maximum absolute atomic E-state index is 13.4. The van der Waals surface area contributed by atoms with E-state index in [-0.39, 0.29) is 6.04 Å². The second-order valence-electron chi connectivity index (χ2n) is 4.46. The van der Waals surface area contributed by atoms with E-state index in [2.05, 4.69) is 5.43 Å². The van der Waals surface area contributed by atoms with E-state index in [1.54, 1.807) is 11.3 Å². The summed E-state index contributed by atoms with van der Waals surface area (Å²) in [4.78, 5) is 0. The van der Waals surface area contributed by atoms with Crippen molar-refractivity contribution in [1.82, 2.24) is 5.43 Å². The number of benzene rings is 2. The standard InChI is InChI=1S/C15H12F2N2S/c16-12-5-4-10(8-13(12)17)14(19-18)11-3-1-2-9-6-7-20-15(9)11/h1-8,14,19H,18H2. The lowest BCUT2D eigenvalue weighted by Gasteiger charge is -2.18. The molecule has 0 saturated carbocycles. The molecule has 0 fully saturated rings. The quantitative estimate of drug-likeness (QED) is 0.570. The lowest BCUT2D eigenvalue weighted by atomic mass is 9.98. The molecule has 0 bridgehead atoms. The normalized spacial score (nSPS) is 12.8. The summed E-state index contributed by atoms with van der Waals surface area (Å²) in [5, 5.41) is 3.10. The lowest BCUT2D eigenvalue weighted by molar-refractivity contribution is 0.504. The van der Waals surface area contributed by atoms with Gasteiger partial charge in [0.25, 0.3) is 0 Å². The minimum Gasteiger partial charge on any atom is -0.271 e. The van der Waals surface area contributed by atoms with Gasteiger partial charge in [0.15, 0.2) is 11.6 Å². The highest BCUT2D eigenvalue weighted by Gasteiger charge is 2.17. The second kappa shape index (κ2) is 5.28. The molecule has 3 rings (SSSR count). The Hall–Kier alpha value is -1.82. The summed E-state index contributed by atoms with van der Waals surface area (Å²) in [5.41, 5.74) is 4.22. The number of rotatable bonds is 3. The summed E-state index contributed by atoms with van der Waals surface area (Å²) < 4.78 is 27.5. The molecule has 20 heavy (non-hydrogen) atoms. The Bertz CT molecular complexity index is 754. The molecule has 0 aliphatic rings. The third-order valence-corrected chi connectivity index (χ3v) is 4.24. The first-order valence-electron chi connectivity index (χ1n) is 6.08. The number of thiophene rings is 1. The summed E-state index contributed by atoms with van der Waals surface area (Å²) in [6.45, 7) is 0. The average molecular weight is 290 g/mol. The van der Waals surface area contributed by atoms with Crippen molar-refractivity contribution in [2.75, 3.05) is 0 Å². The molecule has 0 radical (unpaired) electrons.